The lowest BCUT2D eigenvalue weighted by Crippen LogP contribution is -2.20. The number of nitrogens with zero attached hydrogens (tertiary/aromatic N) is 1. The molecule has 0 saturated carbocycles. The van der Waals surface area contributed by atoms with Gasteiger partial charge in [-0.15, -0.1) is 0 Å². The molecule has 65 valence electrons. The smallest absolute Gasteiger partial charge is 0.345 e. The number of ketones is 1. The zero-order chi connectivity index (χ0) is 9.14. The van der Waals surface area contributed by atoms with E-state index in [1.165, 1.54) is 14.0 Å². The topological polar surface area (TPSA) is 69.5 Å². The van der Waals surface area contributed by atoms with E-state index in [0.717, 1.165) is 0 Å². The van der Waals surface area contributed by atoms with Crippen LogP contribution in [0.25, 0.3) is 0 Å². The molecule has 5 heteroatoms. The zero-order valence-corrected chi connectivity index (χ0v) is 6.88. The number of urea groups is 1. The monoisotopic (exact) mass is 169 g/mol. The molecule has 0 aromatic rings. The van der Waals surface area contributed by atoms with Gasteiger partial charge in [0, 0.05) is 14.0 Å². The van der Waals surface area contributed by atoms with Gasteiger partial charge in [0.1, 0.15) is 5.70 Å². The van der Waals surface area contributed by atoms with E-state index in [0.29, 0.717) is 5.70 Å². The minimum absolute atomic E-state index is 0.168. The highest BCUT2D eigenvalue weighted by atomic mass is 16.5. The molecule has 0 aromatic heterocycles. The van der Waals surface area contributed by atoms with Crippen LogP contribution in [-0.4, -0.2) is 25.5 Å². The summed E-state index contributed by atoms with van der Waals surface area (Å²) in [6.07, 6.45) is 0. The number of Topliss-reactive ketones (excluding diaryl/α,β-unsaturated/α-hetero) is 1. The molecular weight excluding hydrogens is 160 g/mol. The summed E-state index contributed by atoms with van der Waals surface area (Å²) in [5.74, 6) is -0.236. The van der Waals surface area contributed by atoms with Gasteiger partial charge in [-0.3, -0.25) is 4.79 Å². The van der Waals surface area contributed by atoms with Gasteiger partial charge in [0.05, 0.1) is 12.3 Å². The van der Waals surface area contributed by atoms with E-state index in [1.807, 2.05) is 0 Å². The molecule has 2 amide bonds. The van der Waals surface area contributed by atoms with Crippen molar-refractivity contribution in [3.63, 3.8) is 0 Å². The van der Waals surface area contributed by atoms with Gasteiger partial charge in [-0.2, -0.15) is 5.32 Å². The Hall–Kier alpha value is -1.36. The first kappa shape index (κ1) is 8.73. The molecule has 1 heterocycles. The molecule has 1 aliphatic heterocycles. The molecule has 0 spiro atoms. The van der Waals surface area contributed by atoms with Gasteiger partial charge < -0.3 is 10.1 Å². The fraction of sp³-hybridized carbons (Fsp3) is 0.429. The number of hydrogen-bond acceptors (Lipinski definition) is 3. The summed E-state index contributed by atoms with van der Waals surface area (Å²) in [4.78, 5) is 21.6. The first-order valence-corrected chi connectivity index (χ1v) is 3.41. The van der Waals surface area contributed by atoms with Gasteiger partial charge in [0.15, 0.2) is 5.78 Å². The largest absolute Gasteiger partial charge is 0.378 e. The van der Waals surface area contributed by atoms with Gasteiger partial charge in [-0.25, -0.2) is 4.79 Å². The summed E-state index contributed by atoms with van der Waals surface area (Å²) >= 11 is 0. The van der Waals surface area contributed by atoms with E-state index < -0.39 is 6.03 Å². The molecule has 12 heavy (non-hydrogen) atoms. The molecule has 0 saturated heterocycles. The second kappa shape index (κ2) is 3.36. The van der Waals surface area contributed by atoms with Crippen molar-refractivity contribution in [2.45, 2.75) is 6.92 Å². The zero-order valence-electron chi connectivity index (χ0n) is 6.88. The van der Waals surface area contributed by atoms with Crippen molar-refractivity contribution in [1.29, 1.82) is 0 Å². The van der Waals surface area contributed by atoms with Crippen LogP contribution in [0.5, 0.6) is 0 Å². The first-order valence-electron chi connectivity index (χ1n) is 3.41. The third-order valence-electron chi connectivity index (χ3n) is 1.38. The first-order chi connectivity index (χ1) is 5.65. The molecule has 0 aromatic carbocycles. The van der Waals surface area contributed by atoms with E-state index in [2.05, 4.69) is 10.6 Å². The molecule has 0 unspecified atom stereocenters. The van der Waals surface area contributed by atoms with Crippen molar-refractivity contribution in [2.24, 2.45) is 0 Å². The molecular formula is C7H9N2O3. The minimum Gasteiger partial charge on any atom is -0.378 e. The van der Waals surface area contributed by atoms with Crippen LogP contribution in [-0.2, 0) is 9.53 Å². The Morgan fingerprint density at radius 1 is 1.67 bits per heavy atom. The molecule has 0 bridgehead atoms. The number of amides is 2. The summed E-state index contributed by atoms with van der Waals surface area (Å²) in [7, 11) is 1.48. The molecule has 1 N–H and O–H groups in total. The van der Waals surface area contributed by atoms with Gasteiger partial charge in [0.2, 0.25) is 0 Å². The lowest BCUT2D eigenvalue weighted by Gasteiger charge is -1.99. The number of allylic oxidation sites excluding steroid dienone is 1. The maximum atomic E-state index is 10.9. The van der Waals surface area contributed by atoms with Crippen LogP contribution in [0.2, 0.25) is 0 Å². The highest BCUT2D eigenvalue weighted by Gasteiger charge is 2.24. The van der Waals surface area contributed by atoms with Gasteiger partial charge in [-0.1, -0.05) is 0 Å². The number of carbonyl (C=O) groups excluding carboxylic acids is 2. The highest BCUT2D eigenvalue weighted by molar-refractivity contribution is 6.00. The number of carbonyl (C=O) groups is 2. The molecule has 1 rings (SSSR count). The van der Waals surface area contributed by atoms with Crippen LogP contribution < -0.4 is 10.6 Å². The number of hydrogen-bond donors (Lipinski definition) is 1. The number of methoxy groups -OCH3 is 1. The fourth-order valence-corrected chi connectivity index (χ4v) is 0.925. The van der Waals surface area contributed by atoms with Gasteiger partial charge >= 0.3 is 6.03 Å². The maximum Gasteiger partial charge on any atom is 0.345 e. The third-order valence-corrected chi connectivity index (χ3v) is 1.38. The number of nitrogens with one attached hydrogen (secondary N) is 1. The normalized spacial score (nSPS) is 16.0. The number of rotatable bonds is 3. The summed E-state index contributed by atoms with van der Waals surface area (Å²) in [5.41, 5.74) is 0.608. The predicted molar refractivity (Wildman–Crippen MR) is 40.2 cm³/mol. The highest BCUT2D eigenvalue weighted by Crippen LogP contribution is 2.08. The Labute approximate surface area is 69.8 Å². The van der Waals surface area contributed by atoms with Gasteiger partial charge in [-0.05, 0) is 0 Å². The molecule has 1 aliphatic rings. The predicted octanol–water partition coefficient (Wildman–Crippen LogP) is -0.239. The van der Waals surface area contributed by atoms with E-state index in [-0.39, 0.29) is 18.1 Å². The lowest BCUT2D eigenvalue weighted by atomic mass is 10.3. The van der Waals surface area contributed by atoms with E-state index in [9.17, 15) is 9.59 Å². The average molecular weight is 169 g/mol. The van der Waals surface area contributed by atoms with Crippen molar-refractivity contribution in [2.75, 3.05) is 13.7 Å². The molecule has 5 nitrogen and oxygen atoms in total. The van der Waals surface area contributed by atoms with Crippen LogP contribution in [0.4, 0.5) is 4.79 Å². The third kappa shape index (κ3) is 1.62. The van der Waals surface area contributed by atoms with Crippen molar-refractivity contribution < 1.29 is 14.3 Å². The van der Waals surface area contributed by atoms with Crippen LogP contribution in [0.1, 0.15) is 6.92 Å². The summed E-state index contributed by atoms with van der Waals surface area (Å²) in [6, 6.07) is -0.507. The summed E-state index contributed by atoms with van der Waals surface area (Å²) in [6.45, 7) is 1.55. The lowest BCUT2D eigenvalue weighted by molar-refractivity contribution is -0.113. The van der Waals surface area contributed by atoms with Crippen molar-refractivity contribution in [1.82, 2.24) is 10.6 Å². The van der Waals surface area contributed by atoms with Crippen LogP contribution in [0.15, 0.2) is 11.4 Å². The summed E-state index contributed by atoms with van der Waals surface area (Å²) < 4.78 is 4.77. The van der Waals surface area contributed by atoms with Crippen molar-refractivity contribution in [3.8, 4) is 0 Å². The van der Waals surface area contributed by atoms with E-state index in [1.54, 1.807) is 0 Å². The summed E-state index contributed by atoms with van der Waals surface area (Å²) in [5, 5.41) is 5.90. The SMILES string of the molecule is COCC1=C(C(C)=O)[N]C(=O)N1. The van der Waals surface area contributed by atoms with Crippen molar-refractivity contribution >= 4 is 11.8 Å². The van der Waals surface area contributed by atoms with Gasteiger partial charge in [0.25, 0.3) is 0 Å². The molecule has 0 atom stereocenters. The number of ether oxygens (including phenoxy) is 1. The molecule has 0 aliphatic carbocycles. The second-order valence-corrected chi connectivity index (χ2v) is 2.36. The van der Waals surface area contributed by atoms with E-state index >= 15 is 0 Å². The van der Waals surface area contributed by atoms with E-state index in [4.69, 9.17) is 4.74 Å². The quantitative estimate of drug-likeness (QED) is 0.634. The average Bonchev–Trinajstić information content (AvgIpc) is 2.32. The maximum absolute atomic E-state index is 10.9. The standard InChI is InChI=1S/C7H9N2O3/c1-4(10)6-5(3-12-2)8-7(11)9-6/h3H2,1-2H3,(H,8,11). The molecule has 0 fully saturated rings. The Kier molecular flexibility index (Phi) is 2.44. The molecule has 1 radical (unpaired) electrons. The Balaban J connectivity index is 2.80. The van der Waals surface area contributed by atoms with Crippen LogP contribution in [0, 0.1) is 0 Å². The Bertz CT molecular complexity index is 257. The Morgan fingerprint density at radius 2 is 2.33 bits per heavy atom. The van der Waals surface area contributed by atoms with Crippen LogP contribution in [0.3, 0.4) is 0 Å². The minimum atomic E-state index is -0.507. The fourth-order valence-electron chi connectivity index (χ4n) is 0.925. The van der Waals surface area contributed by atoms with Crippen LogP contribution >= 0.6 is 0 Å². The van der Waals surface area contributed by atoms with Crippen molar-refractivity contribution in [3.05, 3.63) is 11.4 Å². The Morgan fingerprint density at radius 3 is 2.83 bits per heavy atom. The second-order valence-electron chi connectivity index (χ2n) is 2.36.